The highest BCUT2D eigenvalue weighted by molar-refractivity contribution is 5.98. The van der Waals surface area contributed by atoms with Gasteiger partial charge in [-0.2, -0.15) is 10.5 Å². The highest BCUT2D eigenvalue weighted by Crippen LogP contribution is 2.16. The van der Waals surface area contributed by atoms with Gasteiger partial charge in [0.15, 0.2) is 0 Å². The molecule has 0 N–H and O–H groups in total. The summed E-state index contributed by atoms with van der Waals surface area (Å²) < 4.78 is 25.8. The van der Waals surface area contributed by atoms with Gasteiger partial charge in [-0.25, -0.2) is 19.2 Å². The van der Waals surface area contributed by atoms with E-state index in [2.05, 4.69) is 27.0 Å². The number of rotatable bonds is 20. The Kier molecular flexibility index (Phi) is 17.9. The Bertz CT molecular complexity index is 1570. The molecule has 268 valence electrons. The van der Waals surface area contributed by atoms with Crippen LogP contribution in [0.4, 0.5) is 0 Å². The van der Waals surface area contributed by atoms with E-state index >= 15 is 0 Å². The van der Waals surface area contributed by atoms with E-state index in [1.807, 2.05) is 60.7 Å². The van der Waals surface area contributed by atoms with Crippen molar-refractivity contribution in [2.75, 3.05) is 39.6 Å². The monoisotopic (exact) mass is 696 g/mol. The Labute approximate surface area is 299 Å². The lowest BCUT2D eigenvalue weighted by atomic mass is 9.99. The van der Waals surface area contributed by atoms with Crippen molar-refractivity contribution >= 4 is 36.0 Å². The van der Waals surface area contributed by atoms with Crippen molar-refractivity contribution in [3.05, 3.63) is 106 Å². The molecule has 0 amide bonds. The van der Waals surface area contributed by atoms with Crippen molar-refractivity contribution in [3.63, 3.8) is 0 Å². The maximum atomic E-state index is 12.2. The van der Waals surface area contributed by atoms with Crippen molar-refractivity contribution in [2.24, 2.45) is 11.8 Å². The third-order valence-electron chi connectivity index (χ3n) is 7.03. The van der Waals surface area contributed by atoms with E-state index in [0.717, 1.165) is 24.0 Å². The number of carbonyl (C=O) groups is 4. The van der Waals surface area contributed by atoms with E-state index in [1.165, 1.54) is 26.0 Å². The molecule has 0 saturated carbocycles. The summed E-state index contributed by atoms with van der Waals surface area (Å²) in [6.45, 7) is 14.7. The first-order valence-corrected chi connectivity index (χ1v) is 16.3. The summed E-state index contributed by atoms with van der Waals surface area (Å²) in [5, 5.41) is 18.8. The number of carbonyl (C=O) groups excluding carboxylic acids is 4. The molecular weight excluding hydrogens is 652 g/mol. The molecule has 0 radical (unpaired) electrons. The van der Waals surface area contributed by atoms with Crippen LogP contribution in [0.2, 0.25) is 0 Å². The van der Waals surface area contributed by atoms with E-state index in [0.29, 0.717) is 24.3 Å². The molecule has 0 fully saturated rings. The molecule has 2 aromatic rings. The second-order valence-corrected chi connectivity index (χ2v) is 12.1. The SMILES string of the molecule is C=C(C)C(=O)OCCOC(=O)/C(C#N)=C/c1ccc(CC(C)COCC(C)Cc2ccc(/C=C(\C#N)C(=O)OCCOC(=O)C(=C)C)cc2)cc1. The third-order valence-corrected chi connectivity index (χ3v) is 7.03. The van der Waals surface area contributed by atoms with E-state index in [1.54, 1.807) is 0 Å². The second kappa shape index (κ2) is 22.0. The molecule has 11 nitrogen and oxygen atoms in total. The molecule has 11 heteroatoms. The standard InChI is InChI=1S/C40H44N2O9/c1-27(2)37(43)48-15-17-50-39(45)35(23-41)21-33-11-7-31(8-12-33)19-29(5)25-47-26-30(6)20-32-9-13-34(14-10-32)22-36(24-42)40(46)51-18-16-49-38(44)28(3)4/h7-14,21-22,29-30H,1,3,15-20,25-26H2,2,4-6H3/b35-21+,36-22+. The van der Waals surface area contributed by atoms with Crippen LogP contribution in [-0.4, -0.2) is 63.5 Å². The summed E-state index contributed by atoms with van der Waals surface area (Å²) in [5.74, 6) is -2.26. The van der Waals surface area contributed by atoms with Crippen LogP contribution < -0.4 is 0 Å². The van der Waals surface area contributed by atoms with Crippen molar-refractivity contribution in [1.29, 1.82) is 10.5 Å². The molecule has 0 aromatic heterocycles. The van der Waals surface area contributed by atoms with Gasteiger partial charge in [-0.1, -0.05) is 75.5 Å². The summed E-state index contributed by atoms with van der Waals surface area (Å²) in [7, 11) is 0. The van der Waals surface area contributed by atoms with Gasteiger partial charge in [0.25, 0.3) is 0 Å². The summed E-state index contributed by atoms with van der Waals surface area (Å²) in [4.78, 5) is 47.3. The average Bonchev–Trinajstić information content (AvgIpc) is 3.10. The molecule has 0 bridgehead atoms. The van der Waals surface area contributed by atoms with E-state index < -0.39 is 23.9 Å². The van der Waals surface area contributed by atoms with E-state index in [-0.39, 0.29) is 60.6 Å². The minimum absolute atomic E-state index is 0.131. The van der Waals surface area contributed by atoms with Gasteiger partial charge in [-0.3, -0.25) is 0 Å². The molecule has 2 rings (SSSR count). The van der Waals surface area contributed by atoms with Crippen LogP contribution in [-0.2, 0) is 55.7 Å². The lowest BCUT2D eigenvalue weighted by Crippen LogP contribution is -2.15. The number of hydrogen-bond donors (Lipinski definition) is 0. The molecule has 0 aliphatic rings. The maximum Gasteiger partial charge on any atom is 0.349 e. The van der Waals surface area contributed by atoms with Crippen molar-refractivity contribution in [2.45, 2.75) is 40.5 Å². The molecular formula is C40H44N2O9. The van der Waals surface area contributed by atoms with Crippen LogP contribution in [0.5, 0.6) is 0 Å². The van der Waals surface area contributed by atoms with E-state index in [4.69, 9.17) is 23.7 Å². The fourth-order valence-corrected chi connectivity index (χ4v) is 4.44. The zero-order valence-electron chi connectivity index (χ0n) is 29.6. The molecule has 0 heterocycles. The summed E-state index contributed by atoms with van der Waals surface area (Å²) in [5.41, 5.74) is 3.66. The third kappa shape index (κ3) is 16.0. The molecule has 2 aromatic carbocycles. The minimum atomic E-state index is -0.801. The molecule has 0 aliphatic carbocycles. The number of nitrogens with zero attached hydrogens (tertiary/aromatic N) is 2. The Balaban J connectivity index is 1.76. The van der Waals surface area contributed by atoms with Gasteiger partial charge in [-0.05, 0) is 72.9 Å². The topological polar surface area (TPSA) is 162 Å². The summed E-state index contributed by atoms with van der Waals surface area (Å²) >= 11 is 0. The predicted molar refractivity (Wildman–Crippen MR) is 190 cm³/mol. The Hall–Kier alpha value is -5.78. The highest BCUT2D eigenvalue weighted by Gasteiger charge is 2.14. The molecule has 2 unspecified atom stereocenters. The quantitative estimate of drug-likeness (QED) is 0.0533. The molecule has 0 aliphatic heterocycles. The van der Waals surface area contributed by atoms with Gasteiger partial charge in [0.2, 0.25) is 0 Å². The van der Waals surface area contributed by atoms with Crippen molar-refractivity contribution in [3.8, 4) is 12.1 Å². The first-order valence-electron chi connectivity index (χ1n) is 16.3. The Morgan fingerprint density at radius 2 is 0.922 bits per heavy atom. The highest BCUT2D eigenvalue weighted by atomic mass is 16.6. The largest absolute Gasteiger partial charge is 0.459 e. The zero-order chi connectivity index (χ0) is 37.8. The number of hydrogen-bond acceptors (Lipinski definition) is 11. The van der Waals surface area contributed by atoms with Gasteiger partial charge in [0, 0.05) is 24.4 Å². The van der Waals surface area contributed by atoms with Crippen LogP contribution in [0.25, 0.3) is 12.2 Å². The molecule has 2 atom stereocenters. The number of esters is 4. The first-order chi connectivity index (χ1) is 24.3. The lowest BCUT2D eigenvalue weighted by molar-refractivity contribution is -0.147. The normalized spacial score (nSPS) is 12.4. The van der Waals surface area contributed by atoms with Crippen LogP contribution in [0, 0.1) is 34.5 Å². The lowest BCUT2D eigenvalue weighted by Gasteiger charge is -2.16. The van der Waals surface area contributed by atoms with Gasteiger partial charge in [0.1, 0.15) is 49.7 Å². The first kappa shape index (κ1) is 41.4. The number of ether oxygens (including phenoxy) is 5. The van der Waals surface area contributed by atoms with Gasteiger partial charge in [0.05, 0.1) is 0 Å². The van der Waals surface area contributed by atoms with Crippen LogP contribution in [0.1, 0.15) is 49.9 Å². The Morgan fingerprint density at radius 1 is 0.608 bits per heavy atom. The van der Waals surface area contributed by atoms with Gasteiger partial charge >= 0.3 is 23.9 Å². The van der Waals surface area contributed by atoms with Gasteiger partial charge in [-0.15, -0.1) is 0 Å². The fourth-order valence-electron chi connectivity index (χ4n) is 4.44. The van der Waals surface area contributed by atoms with Crippen LogP contribution >= 0.6 is 0 Å². The van der Waals surface area contributed by atoms with E-state index in [9.17, 15) is 29.7 Å². The van der Waals surface area contributed by atoms with Crippen LogP contribution in [0.3, 0.4) is 0 Å². The van der Waals surface area contributed by atoms with Gasteiger partial charge < -0.3 is 23.7 Å². The summed E-state index contributed by atoms with van der Waals surface area (Å²) in [6.07, 6.45) is 4.45. The van der Waals surface area contributed by atoms with Crippen LogP contribution in [0.15, 0.2) is 84.0 Å². The maximum absolute atomic E-state index is 12.2. The molecule has 0 saturated heterocycles. The molecule has 0 spiro atoms. The number of benzene rings is 2. The molecule has 51 heavy (non-hydrogen) atoms. The van der Waals surface area contributed by atoms with Crippen molar-refractivity contribution in [1.82, 2.24) is 0 Å². The fraction of sp³-hybridized carbons (Fsp3) is 0.350. The minimum Gasteiger partial charge on any atom is -0.459 e. The van der Waals surface area contributed by atoms with Crippen molar-refractivity contribution < 1.29 is 42.9 Å². The average molecular weight is 697 g/mol. The summed E-state index contributed by atoms with van der Waals surface area (Å²) in [6, 6.07) is 18.7. The zero-order valence-corrected chi connectivity index (χ0v) is 29.6. The smallest absolute Gasteiger partial charge is 0.349 e. The second-order valence-electron chi connectivity index (χ2n) is 12.1. The predicted octanol–water partition coefficient (Wildman–Crippen LogP) is 5.90. The Morgan fingerprint density at radius 3 is 1.22 bits per heavy atom. The number of nitriles is 2.